The van der Waals surface area contributed by atoms with Crippen molar-refractivity contribution in [3.63, 3.8) is 0 Å². The highest BCUT2D eigenvalue weighted by molar-refractivity contribution is 8.03. The molecular formula is C20H45O5PS2. The number of phosphoric acid groups is 1. The molecule has 0 bridgehead atoms. The third-order valence-corrected chi connectivity index (χ3v) is 6.89. The standard InChI is InChI=1S/C20H42OS2.H3O4P/c1-3-4-5-6-7-8-9-10-11-12-13-14-15-16-17-23-19-20(18-21)22-2;1-5(2,3)4/h20-21H,3-19H2,1-2H3;(H3,1,2,3,4). The van der Waals surface area contributed by atoms with Crippen molar-refractivity contribution >= 4 is 31.3 Å². The molecule has 0 saturated carbocycles. The molecule has 1 unspecified atom stereocenters. The lowest BCUT2D eigenvalue weighted by molar-refractivity contribution is 0.275. The average Bonchev–Trinajstić information content (AvgIpc) is 2.63. The second-order valence-corrected chi connectivity index (χ2v) is 10.5. The molecule has 8 heteroatoms. The van der Waals surface area contributed by atoms with Gasteiger partial charge in [-0.3, -0.25) is 0 Å². The fourth-order valence-corrected chi connectivity index (χ4v) is 4.73. The van der Waals surface area contributed by atoms with Crippen molar-refractivity contribution in [1.82, 2.24) is 0 Å². The van der Waals surface area contributed by atoms with Crippen LogP contribution in [0, 0.1) is 0 Å². The van der Waals surface area contributed by atoms with E-state index in [1.165, 1.54) is 95.6 Å². The summed E-state index contributed by atoms with van der Waals surface area (Å²) in [7, 11) is -4.64. The molecule has 28 heavy (non-hydrogen) atoms. The van der Waals surface area contributed by atoms with Gasteiger partial charge in [-0.1, -0.05) is 90.4 Å². The first-order valence-corrected chi connectivity index (χ1v) is 14.9. The summed E-state index contributed by atoms with van der Waals surface area (Å²) < 4.78 is 8.88. The van der Waals surface area contributed by atoms with Crippen molar-refractivity contribution in [3.8, 4) is 0 Å². The molecule has 0 amide bonds. The molecular weight excluding hydrogens is 415 g/mol. The topological polar surface area (TPSA) is 98.0 Å². The van der Waals surface area contributed by atoms with Crippen LogP contribution in [0.15, 0.2) is 0 Å². The fraction of sp³-hybridized carbons (Fsp3) is 1.00. The van der Waals surface area contributed by atoms with Gasteiger partial charge in [-0.15, -0.1) is 0 Å². The van der Waals surface area contributed by atoms with Crippen molar-refractivity contribution in [3.05, 3.63) is 0 Å². The first-order valence-electron chi connectivity index (χ1n) is 10.8. The molecule has 0 aliphatic heterocycles. The minimum Gasteiger partial charge on any atom is -0.395 e. The average molecular weight is 461 g/mol. The smallest absolute Gasteiger partial charge is 0.395 e. The Morgan fingerprint density at radius 1 is 0.750 bits per heavy atom. The monoisotopic (exact) mass is 460 g/mol. The second-order valence-electron chi connectivity index (χ2n) is 7.22. The van der Waals surface area contributed by atoms with Gasteiger partial charge in [-0.25, -0.2) is 4.57 Å². The Morgan fingerprint density at radius 3 is 1.43 bits per heavy atom. The fourth-order valence-electron chi connectivity index (χ4n) is 2.81. The Balaban J connectivity index is 0. The van der Waals surface area contributed by atoms with Crippen LogP contribution in [0.1, 0.15) is 96.8 Å². The Kier molecular flexibility index (Phi) is 26.6. The van der Waals surface area contributed by atoms with Gasteiger partial charge in [0.15, 0.2) is 0 Å². The molecule has 0 heterocycles. The molecule has 0 aromatic carbocycles. The molecule has 4 N–H and O–H groups in total. The molecule has 172 valence electrons. The molecule has 1 atom stereocenters. The van der Waals surface area contributed by atoms with E-state index in [1.807, 2.05) is 11.8 Å². The van der Waals surface area contributed by atoms with E-state index in [4.69, 9.17) is 24.4 Å². The van der Waals surface area contributed by atoms with Crippen LogP contribution in [0.2, 0.25) is 0 Å². The van der Waals surface area contributed by atoms with E-state index in [-0.39, 0.29) is 0 Å². The Hall–Kier alpha value is 0.770. The lowest BCUT2D eigenvalue weighted by Crippen LogP contribution is -2.11. The second kappa shape index (κ2) is 24.0. The number of hydrogen-bond acceptors (Lipinski definition) is 4. The van der Waals surface area contributed by atoms with E-state index in [1.54, 1.807) is 11.8 Å². The van der Waals surface area contributed by atoms with Crippen molar-refractivity contribution in [2.45, 2.75) is 102 Å². The maximum absolute atomic E-state index is 9.12. The Morgan fingerprint density at radius 2 is 1.11 bits per heavy atom. The number of unbranched alkanes of at least 4 members (excludes halogenated alkanes) is 13. The zero-order valence-electron chi connectivity index (χ0n) is 18.1. The van der Waals surface area contributed by atoms with E-state index in [0.29, 0.717) is 11.9 Å². The van der Waals surface area contributed by atoms with Crippen LogP contribution in [-0.4, -0.2) is 49.4 Å². The normalized spacial score (nSPS) is 12.5. The highest BCUT2D eigenvalue weighted by Crippen LogP contribution is 2.25. The predicted octanol–water partition coefficient (Wildman–Crippen LogP) is 6.00. The highest BCUT2D eigenvalue weighted by atomic mass is 32.2. The summed E-state index contributed by atoms with van der Waals surface area (Å²) in [5.41, 5.74) is 0. The molecule has 0 saturated heterocycles. The van der Waals surface area contributed by atoms with Crippen LogP contribution in [0.3, 0.4) is 0 Å². The highest BCUT2D eigenvalue weighted by Gasteiger charge is 2.04. The molecule has 5 nitrogen and oxygen atoms in total. The number of hydrogen-bond donors (Lipinski definition) is 4. The van der Waals surface area contributed by atoms with Gasteiger partial charge in [0.05, 0.1) is 6.61 Å². The van der Waals surface area contributed by atoms with E-state index in [0.717, 1.165) is 5.75 Å². The van der Waals surface area contributed by atoms with Crippen LogP contribution in [0.4, 0.5) is 0 Å². The molecule has 0 aromatic rings. The van der Waals surface area contributed by atoms with Crippen molar-refractivity contribution in [1.29, 1.82) is 0 Å². The van der Waals surface area contributed by atoms with Crippen LogP contribution in [0.25, 0.3) is 0 Å². The summed E-state index contributed by atoms with van der Waals surface area (Å²) in [6, 6.07) is 0. The van der Waals surface area contributed by atoms with Gasteiger partial charge in [0, 0.05) is 11.0 Å². The van der Waals surface area contributed by atoms with Crippen molar-refractivity contribution < 1.29 is 24.4 Å². The first-order chi connectivity index (χ1) is 13.3. The number of aliphatic hydroxyl groups excluding tert-OH is 1. The number of rotatable bonds is 19. The van der Waals surface area contributed by atoms with Gasteiger partial charge in [0.1, 0.15) is 0 Å². The summed E-state index contributed by atoms with van der Waals surface area (Å²) in [6.07, 6.45) is 22.2. The van der Waals surface area contributed by atoms with Crippen LogP contribution >= 0.6 is 31.3 Å². The van der Waals surface area contributed by atoms with Crippen molar-refractivity contribution in [2.75, 3.05) is 24.4 Å². The van der Waals surface area contributed by atoms with E-state index in [2.05, 4.69) is 13.2 Å². The first kappa shape index (κ1) is 31.0. The Bertz CT molecular complexity index is 330. The lowest BCUT2D eigenvalue weighted by Gasteiger charge is -2.10. The zero-order chi connectivity index (χ0) is 21.5. The zero-order valence-corrected chi connectivity index (χ0v) is 20.6. The third kappa shape index (κ3) is 34.3. The number of aliphatic hydroxyl groups is 1. The molecule has 0 aromatic heterocycles. The summed E-state index contributed by atoms with van der Waals surface area (Å²) in [6.45, 7) is 2.62. The molecule has 0 aliphatic rings. The number of thioether (sulfide) groups is 2. The van der Waals surface area contributed by atoms with Gasteiger partial charge >= 0.3 is 7.82 Å². The largest absolute Gasteiger partial charge is 0.466 e. The summed E-state index contributed by atoms with van der Waals surface area (Å²) in [4.78, 5) is 21.6. The summed E-state index contributed by atoms with van der Waals surface area (Å²) >= 11 is 3.80. The van der Waals surface area contributed by atoms with Gasteiger partial charge in [-0.05, 0) is 18.4 Å². The van der Waals surface area contributed by atoms with Gasteiger partial charge < -0.3 is 19.8 Å². The summed E-state index contributed by atoms with van der Waals surface area (Å²) in [5, 5.41) is 9.55. The maximum atomic E-state index is 9.12. The van der Waals surface area contributed by atoms with Gasteiger partial charge in [0.2, 0.25) is 0 Å². The quantitative estimate of drug-likeness (QED) is 0.139. The van der Waals surface area contributed by atoms with E-state index in [9.17, 15) is 0 Å². The third-order valence-electron chi connectivity index (χ3n) is 4.48. The van der Waals surface area contributed by atoms with Crippen LogP contribution < -0.4 is 0 Å². The van der Waals surface area contributed by atoms with Crippen molar-refractivity contribution in [2.24, 2.45) is 0 Å². The molecule has 0 radical (unpaired) electrons. The minimum absolute atomic E-state index is 0.326. The van der Waals surface area contributed by atoms with Crippen LogP contribution in [0.5, 0.6) is 0 Å². The van der Waals surface area contributed by atoms with Crippen LogP contribution in [-0.2, 0) is 4.57 Å². The van der Waals surface area contributed by atoms with Gasteiger partial charge in [-0.2, -0.15) is 23.5 Å². The molecule has 0 fully saturated rings. The summed E-state index contributed by atoms with van der Waals surface area (Å²) in [5.74, 6) is 2.38. The van der Waals surface area contributed by atoms with E-state index >= 15 is 0 Å². The lowest BCUT2D eigenvalue weighted by atomic mass is 10.0. The van der Waals surface area contributed by atoms with E-state index < -0.39 is 7.82 Å². The molecule has 0 aliphatic carbocycles. The molecule has 0 spiro atoms. The molecule has 0 rings (SSSR count). The SMILES string of the molecule is CCCCCCCCCCCCCCCCSCC(CO)SC.O=P(O)(O)O. The minimum atomic E-state index is -4.64. The predicted molar refractivity (Wildman–Crippen MR) is 126 cm³/mol. The Labute approximate surface area is 182 Å². The maximum Gasteiger partial charge on any atom is 0.466 e. The van der Waals surface area contributed by atoms with Gasteiger partial charge in [0.25, 0.3) is 0 Å².